The van der Waals surface area contributed by atoms with Crippen LogP contribution in [-0.4, -0.2) is 18.5 Å². The molecule has 0 bridgehead atoms. The van der Waals surface area contributed by atoms with E-state index in [1.807, 2.05) is 0 Å². The van der Waals surface area contributed by atoms with Gasteiger partial charge < -0.3 is 9.47 Å². The van der Waals surface area contributed by atoms with Crippen LogP contribution in [0.15, 0.2) is 42.5 Å². The van der Waals surface area contributed by atoms with Gasteiger partial charge in [-0.15, -0.1) is 0 Å². The zero-order chi connectivity index (χ0) is 23.6. The number of halogens is 4. The molecule has 0 aliphatic carbocycles. The molecule has 0 fully saturated rings. The molecule has 0 heterocycles. The summed E-state index contributed by atoms with van der Waals surface area (Å²) in [4.78, 5) is 24.2. The number of ether oxygens (including phenoxy) is 2. The molecule has 4 nitrogen and oxygen atoms in total. The first-order valence-electron chi connectivity index (χ1n) is 10.6. The third kappa shape index (κ3) is 7.66. The molecule has 174 valence electrons. The number of hydrogen-bond acceptors (Lipinski definition) is 4. The average Bonchev–Trinajstić information content (AvgIpc) is 2.76. The van der Waals surface area contributed by atoms with Gasteiger partial charge in [0.1, 0.15) is 0 Å². The smallest absolute Gasteiger partial charge is 0.419 e. The van der Waals surface area contributed by atoms with E-state index in [9.17, 15) is 27.2 Å². The molecule has 2 aromatic rings. The number of hydrogen-bond donors (Lipinski definition) is 0. The Labute approximate surface area is 184 Å². The quantitative estimate of drug-likeness (QED) is 0.159. The van der Waals surface area contributed by atoms with Crippen molar-refractivity contribution in [2.24, 2.45) is 0 Å². The molecule has 0 aliphatic heterocycles. The molecular formula is C24H26F4O4. The largest absolute Gasteiger partial charge is 0.462 e. The highest BCUT2D eigenvalue weighted by Crippen LogP contribution is 2.34. The second kappa shape index (κ2) is 12.2. The lowest BCUT2D eigenvalue weighted by molar-refractivity contribution is -0.140. The fraction of sp³-hybridized carbons (Fsp3) is 0.417. The fourth-order valence-corrected chi connectivity index (χ4v) is 3.02. The monoisotopic (exact) mass is 454 g/mol. The third-order valence-corrected chi connectivity index (χ3v) is 4.81. The molecule has 0 aromatic heterocycles. The van der Waals surface area contributed by atoms with Crippen LogP contribution in [0.1, 0.15) is 78.1 Å². The number of carbonyl (C=O) groups is 2. The minimum atomic E-state index is -4.91. The minimum Gasteiger partial charge on any atom is -0.462 e. The van der Waals surface area contributed by atoms with Crippen molar-refractivity contribution in [3.8, 4) is 5.75 Å². The van der Waals surface area contributed by atoms with Crippen LogP contribution in [0.25, 0.3) is 0 Å². The van der Waals surface area contributed by atoms with E-state index in [1.165, 1.54) is 49.9 Å². The maximum atomic E-state index is 14.0. The molecule has 0 atom stereocenters. The van der Waals surface area contributed by atoms with Gasteiger partial charge in [0.25, 0.3) is 0 Å². The highest BCUT2D eigenvalue weighted by atomic mass is 19.4. The summed E-state index contributed by atoms with van der Waals surface area (Å²) < 4.78 is 62.3. The molecule has 0 N–H and O–H groups in total. The highest BCUT2D eigenvalue weighted by molar-refractivity contribution is 5.94. The third-order valence-electron chi connectivity index (χ3n) is 4.81. The van der Waals surface area contributed by atoms with Crippen LogP contribution in [0.2, 0.25) is 0 Å². The number of carbonyl (C=O) groups excluding carboxylic acids is 2. The van der Waals surface area contributed by atoms with Gasteiger partial charge in [0.05, 0.1) is 23.3 Å². The van der Waals surface area contributed by atoms with Gasteiger partial charge in [0.15, 0.2) is 11.6 Å². The van der Waals surface area contributed by atoms with Gasteiger partial charge in [-0.25, -0.2) is 14.0 Å². The molecule has 0 aliphatic rings. The summed E-state index contributed by atoms with van der Waals surface area (Å²) in [5.41, 5.74) is -1.36. The molecule has 0 spiro atoms. The number of esters is 2. The molecule has 8 heteroatoms. The van der Waals surface area contributed by atoms with Crippen LogP contribution < -0.4 is 4.74 Å². The van der Waals surface area contributed by atoms with Crippen molar-refractivity contribution in [1.82, 2.24) is 0 Å². The highest BCUT2D eigenvalue weighted by Gasteiger charge is 2.35. The Morgan fingerprint density at radius 2 is 1.38 bits per heavy atom. The number of benzene rings is 2. The molecule has 32 heavy (non-hydrogen) atoms. The van der Waals surface area contributed by atoms with Gasteiger partial charge in [0, 0.05) is 0 Å². The first-order valence-corrected chi connectivity index (χ1v) is 10.6. The zero-order valence-corrected chi connectivity index (χ0v) is 17.8. The number of alkyl halides is 3. The van der Waals surface area contributed by atoms with Crippen LogP contribution in [0.3, 0.4) is 0 Å². The van der Waals surface area contributed by atoms with E-state index in [-0.39, 0.29) is 11.1 Å². The van der Waals surface area contributed by atoms with E-state index in [4.69, 9.17) is 9.47 Å². The SMILES string of the molecule is CCCCCCCCCOC(=O)c1ccc(C(=O)Oc2cccc(C(F)(F)F)c2F)cc1. The van der Waals surface area contributed by atoms with Gasteiger partial charge in [-0.05, 0) is 42.8 Å². The summed E-state index contributed by atoms with van der Waals surface area (Å²) in [6, 6.07) is 7.63. The average molecular weight is 454 g/mol. The van der Waals surface area contributed by atoms with Crippen molar-refractivity contribution in [3.05, 3.63) is 65.0 Å². The Morgan fingerprint density at radius 1 is 0.812 bits per heavy atom. The summed E-state index contributed by atoms with van der Waals surface area (Å²) in [6.07, 6.45) is 2.74. The van der Waals surface area contributed by atoms with Gasteiger partial charge in [0.2, 0.25) is 0 Å². The van der Waals surface area contributed by atoms with Crippen molar-refractivity contribution < 1.29 is 36.6 Å². The normalized spacial score (nSPS) is 11.3. The van der Waals surface area contributed by atoms with Gasteiger partial charge in [-0.3, -0.25) is 0 Å². The van der Waals surface area contributed by atoms with Crippen molar-refractivity contribution in [3.63, 3.8) is 0 Å². The van der Waals surface area contributed by atoms with E-state index in [1.54, 1.807) is 0 Å². The summed E-state index contributed by atoms with van der Waals surface area (Å²) >= 11 is 0. The fourth-order valence-electron chi connectivity index (χ4n) is 3.02. The Balaban J connectivity index is 1.86. The lowest BCUT2D eigenvalue weighted by Gasteiger charge is -2.11. The molecule has 0 amide bonds. The molecule has 0 unspecified atom stereocenters. The summed E-state index contributed by atoms with van der Waals surface area (Å²) in [6.45, 7) is 2.45. The Morgan fingerprint density at radius 3 is 1.97 bits per heavy atom. The Hall–Kier alpha value is -2.90. The molecule has 0 saturated heterocycles. The summed E-state index contributed by atoms with van der Waals surface area (Å²) in [5.74, 6) is -4.09. The predicted molar refractivity (Wildman–Crippen MR) is 111 cm³/mol. The molecule has 2 aromatic carbocycles. The predicted octanol–water partition coefficient (Wildman–Crippen LogP) is 6.97. The maximum Gasteiger partial charge on any atom is 0.419 e. The summed E-state index contributed by atoms with van der Waals surface area (Å²) in [7, 11) is 0. The van der Waals surface area contributed by atoms with Crippen LogP contribution >= 0.6 is 0 Å². The van der Waals surface area contributed by atoms with Gasteiger partial charge in [-0.2, -0.15) is 13.2 Å². The molecule has 0 saturated carbocycles. The van der Waals surface area contributed by atoms with Gasteiger partial charge in [-0.1, -0.05) is 51.5 Å². The van der Waals surface area contributed by atoms with E-state index in [2.05, 4.69) is 6.92 Å². The van der Waals surface area contributed by atoms with E-state index in [0.717, 1.165) is 31.4 Å². The van der Waals surface area contributed by atoms with Crippen LogP contribution in [-0.2, 0) is 10.9 Å². The zero-order valence-electron chi connectivity index (χ0n) is 17.8. The van der Waals surface area contributed by atoms with Crippen LogP contribution in [0.4, 0.5) is 17.6 Å². The van der Waals surface area contributed by atoms with Crippen molar-refractivity contribution in [2.75, 3.05) is 6.61 Å². The maximum absolute atomic E-state index is 14.0. The van der Waals surface area contributed by atoms with Gasteiger partial charge >= 0.3 is 18.1 Å². The number of unbranched alkanes of at least 4 members (excludes halogenated alkanes) is 6. The van der Waals surface area contributed by atoms with E-state index < -0.39 is 35.2 Å². The first-order chi connectivity index (χ1) is 15.2. The van der Waals surface area contributed by atoms with Crippen LogP contribution in [0.5, 0.6) is 5.75 Å². The lowest BCUT2D eigenvalue weighted by Crippen LogP contribution is -2.13. The Bertz CT molecular complexity index is 892. The first kappa shape index (κ1) is 25.4. The summed E-state index contributed by atoms with van der Waals surface area (Å²) in [5, 5.41) is 0. The van der Waals surface area contributed by atoms with Crippen LogP contribution in [0, 0.1) is 5.82 Å². The second-order valence-electron chi connectivity index (χ2n) is 7.34. The van der Waals surface area contributed by atoms with Crippen molar-refractivity contribution in [2.45, 2.75) is 58.0 Å². The topological polar surface area (TPSA) is 52.6 Å². The van der Waals surface area contributed by atoms with E-state index >= 15 is 0 Å². The van der Waals surface area contributed by atoms with E-state index in [0.29, 0.717) is 12.7 Å². The van der Waals surface area contributed by atoms with Crippen molar-refractivity contribution in [1.29, 1.82) is 0 Å². The molecule has 2 rings (SSSR count). The van der Waals surface area contributed by atoms with Crippen molar-refractivity contribution >= 4 is 11.9 Å². The molecular weight excluding hydrogens is 428 g/mol. The second-order valence-corrected chi connectivity index (χ2v) is 7.34. The minimum absolute atomic E-state index is 0.0505. The Kier molecular flexibility index (Phi) is 9.68. The number of rotatable bonds is 11. The molecule has 0 radical (unpaired) electrons. The standard InChI is InChI=1S/C24H26F4O4/c1-2-3-4-5-6-7-8-16-31-22(29)17-12-14-18(15-13-17)23(30)32-20-11-9-10-19(21(20)25)24(26,27)28/h9-15H,2-8,16H2,1H3. The lowest BCUT2D eigenvalue weighted by atomic mass is 10.1.